The Morgan fingerprint density at radius 2 is 1.76 bits per heavy atom. The molecule has 0 saturated carbocycles. The van der Waals surface area contributed by atoms with Gasteiger partial charge in [-0.1, -0.05) is 23.9 Å². The van der Waals surface area contributed by atoms with Gasteiger partial charge in [0, 0.05) is 24.7 Å². The minimum absolute atomic E-state index is 0.0857. The molecule has 170 valence electrons. The van der Waals surface area contributed by atoms with Crippen molar-refractivity contribution in [2.75, 3.05) is 10.6 Å². The van der Waals surface area contributed by atoms with E-state index in [1.807, 2.05) is 6.07 Å². The molecule has 1 aliphatic heterocycles. The fraction of sp³-hybridized carbons (Fsp3) is 0.182. The van der Waals surface area contributed by atoms with Crippen LogP contribution in [0.25, 0.3) is 0 Å². The molecule has 1 saturated heterocycles. The number of carbonyl (C=O) groups is 4. The van der Waals surface area contributed by atoms with Crippen LogP contribution >= 0.6 is 11.8 Å². The summed E-state index contributed by atoms with van der Waals surface area (Å²) >= 11 is 1.10. The average molecular weight is 468 g/mol. The Labute approximate surface area is 193 Å². The molecule has 0 aliphatic carbocycles. The van der Waals surface area contributed by atoms with Gasteiger partial charge in [0.1, 0.15) is 5.25 Å². The lowest BCUT2D eigenvalue weighted by molar-refractivity contribution is -0.122. The quantitative estimate of drug-likeness (QED) is 0.363. The van der Waals surface area contributed by atoms with Crippen LogP contribution in [-0.2, 0) is 14.4 Å². The van der Waals surface area contributed by atoms with E-state index in [0.717, 1.165) is 17.3 Å². The number of benzene rings is 2. The van der Waals surface area contributed by atoms with Crippen molar-refractivity contribution in [3.8, 4) is 0 Å². The van der Waals surface area contributed by atoms with Gasteiger partial charge in [0.15, 0.2) is 5.17 Å². The van der Waals surface area contributed by atoms with E-state index in [1.165, 1.54) is 31.2 Å². The van der Waals surface area contributed by atoms with Crippen molar-refractivity contribution in [2.24, 2.45) is 10.2 Å². The monoisotopic (exact) mass is 467 g/mol. The van der Waals surface area contributed by atoms with Crippen molar-refractivity contribution >= 4 is 57.7 Å². The number of hydrogen-bond donors (Lipinski definition) is 4. The zero-order chi connectivity index (χ0) is 24.0. The van der Waals surface area contributed by atoms with Crippen LogP contribution in [0.1, 0.15) is 36.2 Å². The number of amidine groups is 1. The lowest BCUT2D eigenvalue weighted by atomic mass is 10.1. The third-order valence-corrected chi connectivity index (χ3v) is 5.53. The number of anilines is 2. The second-order valence-corrected chi connectivity index (χ2v) is 8.27. The molecular weight excluding hydrogens is 446 g/mol. The molecule has 0 spiro atoms. The van der Waals surface area contributed by atoms with E-state index in [9.17, 15) is 19.2 Å². The van der Waals surface area contributed by atoms with Gasteiger partial charge in [-0.3, -0.25) is 14.4 Å². The van der Waals surface area contributed by atoms with Crippen molar-refractivity contribution in [3.63, 3.8) is 0 Å². The largest absolute Gasteiger partial charge is 0.478 e. The number of hydrogen-bond acceptors (Lipinski definition) is 7. The number of carboxylic acids is 1. The van der Waals surface area contributed by atoms with Crippen molar-refractivity contribution in [3.05, 3.63) is 59.7 Å². The van der Waals surface area contributed by atoms with Crippen LogP contribution in [0.4, 0.5) is 11.4 Å². The minimum Gasteiger partial charge on any atom is -0.478 e. The maximum absolute atomic E-state index is 12.3. The van der Waals surface area contributed by atoms with Crippen LogP contribution in [0.2, 0.25) is 0 Å². The van der Waals surface area contributed by atoms with E-state index in [2.05, 4.69) is 26.2 Å². The molecule has 10 nitrogen and oxygen atoms in total. The van der Waals surface area contributed by atoms with Gasteiger partial charge in [0.05, 0.1) is 11.3 Å². The Hall–Kier alpha value is -3.99. The summed E-state index contributed by atoms with van der Waals surface area (Å²) in [7, 11) is 0. The van der Waals surface area contributed by atoms with E-state index in [-0.39, 0.29) is 34.9 Å². The van der Waals surface area contributed by atoms with Gasteiger partial charge in [-0.05, 0) is 48.9 Å². The highest BCUT2D eigenvalue weighted by molar-refractivity contribution is 8.15. The first kappa shape index (κ1) is 23.7. The van der Waals surface area contributed by atoms with Gasteiger partial charge < -0.3 is 21.1 Å². The Balaban J connectivity index is 1.59. The molecule has 2 aromatic rings. The second-order valence-electron chi connectivity index (χ2n) is 7.08. The van der Waals surface area contributed by atoms with Crippen LogP contribution in [0.5, 0.6) is 0 Å². The molecule has 0 radical (unpaired) electrons. The van der Waals surface area contributed by atoms with Gasteiger partial charge in [-0.2, -0.15) is 5.10 Å². The maximum Gasteiger partial charge on any atom is 0.335 e. The summed E-state index contributed by atoms with van der Waals surface area (Å²) in [6.45, 7) is 3.17. The minimum atomic E-state index is -1.06. The molecule has 1 aliphatic rings. The third kappa shape index (κ3) is 6.74. The summed E-state index contributed by atoms with van der Waals surface area (Å²) in [6.07, 6.45) is -0.0857. The van der Waals surface area contributed by atoms with E-state index in [4.69, 9.17) is 5.11 Å². The molecule has 3 amide bonds. The predicted octanol–water partition coefficient (Wildman–Crippen LogP) is 2.68. The molecule has 1 unspecified atom stereocenters. The molecule has 1 fully saturated rings. The number of amides is 3. The highest BCUT2D eigenvalue weighted by Gasteiger charge is 2.32. The average Bonchev–Trinajstić information content (AvgIpc) is 3.11. The lowest BCUT2D eigenvalue weighted by Crippen LogP contribution is -2.28. The summed E-state index contributed by atoms with van der Waals surface area (Å²) in [5.41, 5.74) is 2.51. The van der Waals surface area contributed by atoms with Gasteiger partial charge in [0.25, 0.3) is 0 Å². The molecule has 2 aromatic carbocycles. The number of nitrogens with zero attached hydrogens (tertiary/aromatic N) is 2. The third-order valence-electron chi connectivity index (χ3n) is 4.45. The number of carbonyl (C=O) groups excluding carboxylic acids is 3. The van der Waals surface area contributed by atoms with Crippen molar-refractivity contribution < 1.29 is 24.3 Å². The predicted molar refractivity (Wildman–Crippen MR) is 127 cm³/mol. The van der Waals surface area contributed by atoms with Crippen molar-refractivity contribution in [2.45, 2.75) is 25.5 Å². The molecular formula is C22H21N5O5S. The molecule has 4 N–H and O–H groups in total. The maximum atomic E-state index is 12.3. The zero-order valence-corrected chi connectivity index (χ0v) is 18.6. The Kier molecular flexibility index (Phi) is 7.57. The number of thioether (sulfide) groups is 1. The highest BCUT2D eigenvalue weighted by atomic mass is 32.2. The Morgan fingerprint density at radius 1 is 1.03 bits per heavy atom. The second kappa shape index (κ2) is 10.6. The summed E-state index contributed by atoms with van der Waals surface area (Å²) in [5.74, 6) is -1.98. The highest BCUT2D eigenvalue weighted by Crippen LogP contribution is 2.23. The SMILES string of the molecule is CC(=O)Nc1cccc(/C(C)=N\N=C2/NC(=O)C(CC(=O)Nc3ccc(C(=O)O)cc3)S2)c1. The van der Waals surface area contributed by atoms with Crippen LogP contribution < -0.4 is 16.0 Å². The van der Waals surface area contributed by atoms with Crippen molar-refractivity contribution in [1.29, 1.82) is 0 Å². The van der Waals surface area contributed by atoms with Gasteiger partial charge in [-0.15, -0.1) is 5.10 Å². The molecule has 0 aromatic heterocycles. The molecule has 3 rings (SSSR count). The van der Waals surface area contributed by atoms with E-state index in [1.54, 1.807) is 25.1 Å². The van der Waals surface area contributed by atoms with Gasteiger partial charge >= 0.3 is 5.97 Å². The van der Waals surface area contributed by atoms with E-state index < -0.39 is 11.2 Å². The molecule has 11 heteroatoms. The van der Waals surface area contributed by atoms with Crippen LogP contribution in [0, 0.1) is 0 Å². The molecule has 33 heavy (non-hydrogen) atoms. The van der Waals surface area contributed by atoms with Gasteiger partial charge in [0.2, 0.25) is 17.7 Å². The summed E-state index contributed by atoms with van der Waals surface area (Å²) < 4.78 is 0. The smallest absolute Gasteiger partial charge is 0.335 e. The van der Waals surface area contributed by atoms with Gasteiger partial charge in [-0.25, -0.2) is 4.79 Å². The molecule has 1 atom stereocenters. The lowest BCUT2D eigenvalue weighted by Gasteiger charge is -2.07. The number of aromatic carboxylic acids is 1. The van der Waals surface area contributed by atoms with E-state index >= 15 is 0 Å². The number of nitrogens with one attached hydrogen (secondary N) is 3. The normalized spacial score (nSPS) is 16.9. The van der Waals surface area contributed by atoms with Crippen LogP contribution in [0.3, 0.4) is 0 Å². The van der Waals surface area contributed by atoms with Crippen LogP contribution in [-0.4, -0.2) is 44.9 Å². The topological polar surface area (TPSA) is 149 Å². The fourth-order valence-corrected chi connectivity index (χ4v) is 3.78. The fourth-order valence-electron chi connectivity index (χ4n) is 2.87. The first-order valence-electron chi connectivity index (χ1n) is 9.82. The first-order valence-corrected chi connectivity index (χ1v) is 10.7. The van der Waals surface area contributed by atoms with Crippen molar-refractivity contribution in [1.82, 2.24) is 5.32 Å². The first-order chi connectivity index (χ1) is 15.7. The Bertz CT molecular complexity index is 1160. The standard InChI is InChI=1S/C22H21N5O5S/c1-12(15-4-3-5-17(10-15)23-13(2)28)26-27-22-25-20(30)18(33-22)11-19(29)24-16-8-6-14(7-9-16)21(31)32/h3-10,18H,11H2,1-2H3,(H,23,28)(H,24,29)(H,31,32)(H,25,27,30)/b26-12-. The summed E-state index contributed by atoms with van der Waals surface area (Å²) in [4.78, 5) is 46.6. The molecule has 0 bridgehead atoms. The van der Waals surface area contributed by atoms with E-state index in [0.29, 0.717) is 17.1 Å². The summed E-state index contributed by atoms with van der Waals surface area (Å²) in [6, 6.07) is 12.8. The number of carboxylic acid groups (broad SMARTS) is 1. The summed E-state index contributed by atoms with van der Waals surface area (Å²) in [5, 5.41) is 24.7. The Morgan fingerprint density at radius 3 is 2.42 bits per heavy atom. The number of rotatable bonds is 7. The van der Waals surface area contributed by atoms with Crippen LogP contribution in [0.15, 0.2) is 58.7 Å². The molecule has 1 heterocycles. The zero-order valence-electron chi connectivity index (χ0n) is 17.8.